The van der Waals surface area contributed by atoms with E-state index in [1.165, 1.54) is 5.56 Å². The van der Waals surface area contributed by atoms with Crippen molar-refractivity contribution in [1.29, 1.82) is 0 Å². The predicted octanol–water partition coefficient (Wildman–Crippen LogP) is 2.30. The van der Waals surface area contributed by atoms with Gasteiger partial charge in [-0.15, -0.1) is 0 Å². The maximum Gasteiger partial charge on any atom is 0.123 e. The van der Waals surface area contributed by atoms with Crippen LogP contribution in [0.2, 0.25) is 0 Å². The molecule has 0 unspecified atom stereocenters. The first kappa shape index (κ1) is 12.4. The summed E-state index contributed by atoms with van der Waals surface area (Å²) in [5, 5.41) is 0. The molecule has 0 radical (unpaired) electrons. The lowest BCUT2D eigenvalue weighted by Crippen LogP contribution is -2.44. The highest BCUT2D eigenvalue weighted by molar-refractivity contribution is 5.33. The van der Waals surface area contributed by atoms with Crippen molar-refractivity contribution in [3.8, 4) is 5.75 Å². The Hall–Kier alpha value is -1.06. The van der Waals surface area contributed by atoms with Gasteiger partial charge in [-0.2, -0.15) is 0 Å². The first-order valence-electron chi connectivity index (χ1n) is 6.18. The summed E-state index contributed by atoms with van der Waals surface area (Å²) >= 11 is 0. The van der Waals surface area contributed by atoms with Crippen LogP contribution in [0.15, 0.2) is 24.3 Å². The first-order valence-corrected chi connectivity index (χ1v) is 6.18. The molecule has 1 fully saturated rings. The number of benzene rings is 1. The highest BCUT2D eigenvalue weighted by atomic mass is 16.5. The number of ether oxygens (including phenoxy) is 2. The number of para-hydroxylation sites is 1. The van der Waals surface area contributed by atoms with Crippen LogP contribution in [0.1, 0.15) is 19.4 Å². The number of rotatable bonds is 3. The average molecular weight is 235 g/mol. The second-order valence-corrected chi connectivity index (χ2v) is 4.76. The van der Waals surface area contributed by atoms with E-state index in [0.717, 1.165) is 25.4 Å². The topological polar surface area (TPSA) is 21.7 Å². The Balaban J connectivity index is 2.04. The van der Waals surface area contributed by atoms with Crippen molar-refractivity contribution in [3.05, 3.63) is 29.8 Å². The molecule has 1 heterocycles. The van der Waals surface area contributed by atoms with Crippen LogP contribution in [0.4, 0.5) is 0 Å². The minimum atomic E-state index is 0.313. The van der Waals surface area contributed by atoms with Crippen LogP contribution in [0, 0.1) is 0 Å². The Bertz CT molecular complexity index is 357. The molecule has 94 valence electrons. The highest BCUT2D eigenvalue weighted by Gasteiger charge is 2.22. The van der Waals surface area contributed by atoms with Gasteiger partial charge in [-0.1, -0.05) is 18.2 Å². The Morgan fingerprint density at radius 3 is 2.53 bits per heavy atom. The minimum absolute atomic E-state index is 0.313. The fourth-order valence-electron chi connectivity index (χ4n) is 2.49. The summed E-state index contributed by atoms with van der Waals surface area (Å²) < 4.78 is 11.1. The highest BCUT2D eigenvalue weighted by Crippen LogP contribution is 2.21. The zero-order valence-electron chi connectivity index (χ0n) is 10.8. The summed E-state index contributed by atoms with van der Waals surface area (Å²) in [5.41, 5.74) is 1.25. The fraction of sp³-hybridized carbons (Fsp3) is 0.571. The minimum Gasteiger partial charge on any atom is -0.496 e. The quantitative estimate of drug-likeness (QED) is 0.802. The maximum absolute atomic E-state index is 5.74. The number of nitrogens with zero attached hydrogens (tertiary/aromatic N) is 1. The molecule has 0 aromatic heterocycles. The molecular weight excluding hydrogens is 214 g/mol. The van der Waals surface area contributed by atoms with Crippen molar-refractivity contribution < 1.29 is 9.47 Å². The molecule has 1 aromatic carbocycles. The summed E-state index contributed by atoms with van der Waals surface area (Å²) in [6.45, 7) is 7.17. The summed E-state index contributed by atoms with van der Waals surface area (Å²) in [7, 11) is 1.73. The molecule has 1 aliphatic rings. The second-order valence-electron chi connectivity index (χ2n) is 4.76. The third kappa shape index (κ3) is 3.20. The lowest BCUT2D eigenvalue weighted by Gasteiger charge is -2.35. The SMILES string of the molecule is COc1ccccc1CN1C[C@@H](C)O[C@H](C)C1. The van der Waals surface area contributed by atoms with E-state index in [4.69, 9.17) is 9.47 Å². The predicted molar refractivity (Wildman–Crippen MR) is 68.3 cm³/mol. The van der Waals surface area contributed by atoms with Gasteiger partial charge in [0.25, 0.3) is 0 Å². The van der Waals surface area contributed by atoms with Gasteiger partial charge in [0.2, 0.25) is 0 Å². The smallest absolute Gasteiger partial charge is 0.123 e. The lowest BCUT2D eigenvalue weighted by molar-refractivity contribution is -0.0706. The number of hydrogen-bond acceptors (Lipinski definition) is 3. The van der Waals surface area contributed by atoms with Gasteiger partial charge in [0.15, 0.2) is 0 Å². The van der Waals surface area contributed by atoms with Gasteiger partial charge in [-0.05, 0) is 19.9 Å². The zero-order valence-corrected chi connectivity index (χ0v) is 10.8. The standard InChI is InChI=1S/C14H21NO2/c1-11-8-15(9-12(2)17-11)10-13-6-4-5-7-14(13)16-3/h4-7,11-12H,8-10H2,1-3H3/t11-,12-/m1/s1. The number of methoxy groups -OCH3 is 1. The Labute approximate surface area is 103 Å². The molecule has 0 aliphatic carbocycles. The Morgan fingerprint density at radius 2 is 1.88 bits per heavy atom. The molecule has 1 aliphatic heterocycles. The summed E-state index contributed by atoms with van der Waals surface area (Å²) in [6.07, 6.45) is 0.627. The van der Waals surface area contributed by atoms with Crippen molar-refractivity contribution in [3.63, 3.8) is 0 Å². The van der Waals surface area contributed by atoms with E-state index in [1.807, 2.05) is 12.1 Å². The molecule has 1 aromatic rings. The molecule has 1 saturated heterocycles. The fourth-order valence-corrected chi connectivity index (χ4v) is 2.49. The largest absolute Gasteiger partial charge is 0.496 e. The van der Waals surface area contributed by atoms with Gasteiger partial charge < -0.3 is 9.47 Å². The van der Waals surface area contributed by atoms with Crippen molar-refractivity contribution in [1.82, 2.24) is 4.90 Å². The third-order valence-corrected chi connectivity index (χ3v) is 3.08. The van der Waals surface area contributed by atoms with Gasteiger partial charge in [-0.25, -0.2) is 0 Å². The van der Waals surface area contributed by atoms with Crippen LogP contribution in [-0.2, 0) is 11.3 Å². The van der Waals surface area contributed by atoms with Crippen LogP contribution >= 0.6 is 0 Å². The molecule has 0 saturated carbocycles. The molecule has 0 N–H and O–H groups in total. The molecule has 3 heteroatoms. The van der Waals surface area contributed by atoms with Crippen molar-refractivity contribution in [2.24, 2.45) is 0 Å². The van der Waals surface area contributed by atoms with Gasteiger partial charge in [0.1, 0.15) is 5.75 Å². The zero-order chi connectivity index (χ0) is 12.3. The molecule has 0 spiro atoms. The Morgan fingerprint density at radius 1 is 1.24 bits per heavy atom. The van der Waals surface area contributed by atoms with Crippen LogP contribution in [-0.4, -0.2) is 37.3 Å². The van der Waals surface area contributed by atoms with E-state index >= 15 is 0 Å². The van der Waals surface area contributed by atoms with Gasteiger partial charge in [0, 0.05) is 25.2 Å². The summed E-state index contributed by atoms with van der Waals surface area (Å²) in [5.74, 6) is 0.972. The van der Waals surface area contributed by atoms with Crippen molar-refractivity contribution in [2.75, 3.05) is 20.2 Å². The van der Waals surface area contributed by atoms with Gasteiger partial charge in [0.05, 0.1) is 19.3 Å². The van der Waals surface area contributed by atoms with Crippen LogP contribution in [0.5, 0.6) is 5.75 Å². The van der Waals surface area contributed by atoms with E-state index in [0.29, 0.717) is 12.2 Å². The number of morpholine rings is 1. The molecule has 17 heavy (non-hydrogen) atoms. The second kappa shape index (κ2) is 5.52. The lowest BCUT2D eigenvalue weighted by atomic mass is 10.1. The summed E-state index contributed by atoms with van der Waals surface area (Å²) in [6, 6.07) is 8.21. The van der Waals surface area contributed by atoms with E-state index in [1.54, 1.807) is 7.11 Å². The van der Waals surface area contributed by atoms with Gasteiger partial charge >= 0.3 is 0 Å². The molecule has 2 rings (SSSR count). The van der Waals surface area contributed by atoms with E-state index in [-0.39, 0.29) is 0 Å². The molecule has 0 amide bonds. The molecular formula is C14H21NO2. The first-order chi connectivity index (χ1) is 8.19. The van der Waals surface area contributed by atoms with Crippen LogP contribution in [0.3, 0.4) is 0 Å². The monoisotopic (exact) mass is 235 g/mol. The number of hydrogen-bond donors (Lipinski definition) is 0. The van der Waals surface area contributed by atoms with Crippen molar-refractivity contribution >= 4 is 0 Å². The van der Waals surface area contributed by atoms with E-state index in [2.05, 4.69) is 30.9 Å². The maximum atomic E-state index is 5.74. The van der Waals surface area contributed by atoms with Crippen LogP contribution < -0.4 is 4.74 Å². The average Bonchev–Trinajstić information content (AvgIpc) is 2.28. The third-order valence-electron chi connectivity index (χ3n) is 3.08. The van der Waals surface area contributed by atoms with Crippen LogP contribution in [0.25, 0.3) is 0 Å². The van der Waals surface area contributed by atoms with Crippen molar-refractivity contribution in [2.45, 2.75) is 32.6 Å². The molecule has 2 atom stereocenters. The molecule has 3 nitrogen and oxygen atoms in total. The summed E-state index contributed by atoms with van der Waals surface area (Å²) in [4.78, 5) is 2.43. The van der Waals surface area contributed by atoms with Gasteiger partial charge in [-0.3, -0.25) is 4.90 Å². The van der Waals surface area contributed by atoms with E-state index in [9.17, 15) is 0 Å². The van der Waals surface area contributed by atoms with E-state index < -0.39 is 0 Å². The Kier molecular flexibility index (Phi) is 4.02. The normalized spacial score (nSPS) is 25.8. The molecule has 0 bridgehead atoms.